The Labute approximate surface area is 243 Å². The quantitative estimate of drug-likeness (QED) is 0.351. The van der Waals surface area contributed by atoms with Gasteiger partial charge in [0.05, 0.1) is 5.56 Å². The van der Waals surface area contributed by atoms with Gasteiger partial charge < -0.3 is 19.3 Å². The van der Waals surface area contributed by atoms with Crippen LogP contribution in [0.3, 0.4) is 0 Å². The fourth-order valence-corrected chi connectivity index (χ4v) is 7.61. The molecule has 4 saturated heterocycles. The summed E-state index contributed by atoms with van der Waals surface area (Å²) in [6, 6.07) is 4.49. The maximum absolute atomic E-state index is 14.4. The van der Waals surface area contributed by atoms with Crippen LogP contribution in [0.5, 0.6) is 0 Å². The lowest BCUT2D eigenvalue weighted by Gasteiger charge is -2.39. The van der Waals surface area contributed by atoms with Crippen molar-refractivity contribution in [1.82, 2.24) is 9.80 Å². The number of likely N-dealkylation sites (tertiary alicyclic amines) is 2. The van der Waals surface area contributed by atoms with E-state index in [0.29, 0.717) is 50.4 Å². The minimum absolute atomic E-state index is 0.0771. The average Bonchev–Trinajstić information content (AvgIpc) is 3.40. The number of hydrogen-bond donors (Lipinski definition) is 0. The summed E-state index contributed by atoms with van der Waals surface area (Å²) in [5.41, 5.74) is -0.253. The SMILES string of the molecule is CC(OC(=O)N1CCC2(CC1)CN(Cc1c(N3CCC4(CCOCC4)C3)cccc1C(F)(F)F)C(C)(C)C2)C(F)(F)F. The number of anilines is 1. The molecule has 4 aliphatic heterocycles. The molecule has 2 spiro atoms. The lowest BCUT2D eigenvalue weighted by molar-refractivity contribution is -0.200. The molecule has 0 aromatic heterocycles. The smallest absolute Gasteiger partial charge is 0.425 e. The fourth-order valence-electron chi connectivity index (χ4n) is 7.61. The number of alkyl halides is 6. The summed E-state index contributed by atoms with van der Waals surface area (Å²) in [4.78, 5) is 17.9. The molecule has 0 N–H and O–H groups in total. The van der Waals surface area contributed by atoms with Crippen molar-refractivity contribution in [3.05, 3.63) is 29.3 Å². The first-order valence-electron chi connectivity index (χ1n) is 14.8. The summed E-state index contributed by atoms with van der Waals surface area (Å²) in [5, 5.41) is 0. The lowest BCUT2D eigenvalue weighted by Crippen LogP contribution is -2.46. The van der Waals surface area contributed by atoms with Crippen LogP contribution in [-0.2, 0) is 22.2 Å². The lowest BCUT2D eigenvalue weighted by atomic mass is 9.74. The monoisotopic (exact) mass is 605 g/mol. The molecule has 6 nitrogen and oxygen atoms in total. The Bertz CT molecular complexity index is 1140. The number of amides is 1. The minimum Gasteiger partial charge on any atom is -0.437 e. The standard InChI is InChI=1S/C30H41F6N3O3/c1-21(29(31,32)33)42-25(40)37-12-8-28(9-13-37)18-26(2,3)39(20-28)17-22-23(30(34,35)36)5-4-6-24(22)38-14-7-27(19-38)10-15-41-16-11-27/h4-6,21H,7-20H2,1-3H3. The fraction of sp³-hybridized carbons (Fsp3) is 0.767. The summed E-state index contributed by atoms with van der Waals surface area (Å²) >= 11 is 0. The van der Waals surface area contributed by atoms with E-state index in [1.165, 1.54) is 17.0 Å². The maximum atomic E-state index is 14.4. The Balaban J connectivity index is 1.33. The van der Waals surface area contributed by atoms with Crippen molar-refractivity contribution in [2.75, 3.05) is 50.8 Å². The van der Waals surface area contributed by atoms with Crippen LogP contribution in [0.1, 0.15) is 70.4 Å². The van der Waals surface area contributed by atoms with Gasteiger partial charge in [-0.05, 0) is 82.3 Å². The van der Waals surface area contributed by atoms with Gasteiger partial charge in [0.25, 0.3) is 0 Å². The number of hydrogen-bond acceptors (Lipinski definition) is 5. The van der Waals surface area contributed by atoms with Gasteiger partial charge in [0, 0.05) is 69.3 Å². The number of piperidine rings is 1. The zero-order chi connectivity index (χ0) is 30.6. The number of carbonyl (C=O) groups is 1. The van der Waals surface area contributed by atoms with Gasteiger partial charge in [-0.15, -0.1) is 0 Å². The van der Waals surface area contributed by atoms with Crippen LogP contribution in [0.25, 0.3) is 0 Å². The van der Waals surface area contributed by atoms with Crippen molar-refractivity contribution in [3.63, 3.8) is 0 Å². The van der Waals surface area contributed by atoms with E-state index in [4.69, 9.17) is 4.74 Å². The number of halogens is 6. The van der Waals surface area contributed by atoms with Crippen molar-refractivity contribution >= 4 is 11.8 Å². The van der Waals surface area contributed by atoms with Crippen molar-refractivity contribution in [3.8, 4) is 0 Å². The second-order valence-electron chi connectivity index (χ2n) is 13.5. The van der Waals surface area contributed by atoms with E-state index in [2.05, 4.69) is 14.5 Å². The number of nitrogens with zero attached hydrogens (tertiary/aromatic N) is 3. The molecular formula is C30H41F6N3O3. The predicted octanol–water partition coefficient (Wildman–Crippen LogP) is 6.87. The first-order chi connectivity index (χ1) is 19.5. The van der Waals surface area contributed by atoms with Gasteiger partial charge in [-0.2, -0.15) is 26.3 Å². The molecule has 0 radical (unpaired) electrons. The van der Waals surface area contributed by atoms with E-state index < -0.39 is 35.7 Å². The molecular weight excluding hydrogens is 564 g/mol. The highest BCUT2D eigenvalue weighted by atomic mass is 19.4. The molecule has 4 fully saturated rings. The average molecular weight is 606 g/mol. The largest absolute Gasteiger partial charge is 0.437 e. The molecule has 12 heteroatoms. The Hall–Kier alpha value is -2.21. The van der Waals surface area contributed by atoms with Crippen LogP contribution < -0.4 is 4.90 Å². The van der Waals surface area contributed by atoms with Gasteiger partial charge in [0.1, 0.15) is 0 Å². The Morgan fingerprint density at radius 1 is 0.952 bits per heavy atom. The molecule has 1 atom stereocenters. The third kappa shape index (κ3) is 6.34. The van der Waals surface area contributed by atoms with Crippen LogP contribution in [0.15, 0.2) is 18.2 Å². The van der Waals surface area contributed by atoms with E-state index >= 15 is 0 Å². The Morgan fingerprint density at radius 3 is 2.21 bits per heavy atom. The van der Waals surface area contributed by atoms with E-state index in [9.17, 15) is 31.1 Å². The zero-order valence-electron chi connectivity index (χ0n) is 24.5. The minimum atomic E-state index is -4.63. The van der Waals surface area contributed by atoms with Gasteiger partial charge in [-0.3, -0.25) is 4.90 Å². The third-order valence-electron chi connectivity index (χ3n) is 10.1. The molecule has 4 aliphatic rings. The zero-order valence-corrected chi connectivity index (χ0v) is 24.5. The number of ether oxygens (including phenoxy) is 2. The topological polar surface area (TPSA) is 45.2 Å². The van der Waals surface area contributed by atoms with Gasteiger partial charge in [-0.25, -0.2) is 4.79 Å². The summed E-state index contributed by atoms with van der Waals surface area (Å²) in [7, 11) is 0. The van der Waals surface area contributed by atoms with Gasteiger partial charge >= 0.3 is 18.4 Å². The molecule has 42 heavy (non-hydrogen) atoms. The molecule has 1 amide bonds. The maximum Gasteiger partial charge on any atom is 0.425 e. The van der Waals surface area contributed by atoms with Crippen molar-refractivity contribution in [2.45, 2.75) is 89.8 Å². The van der Waals surface area contributed by atoms with Crippen LogP contribution in [0, 0.1) is 10.8 Å². The van der Waals surface area contributed by atoms with E-state index in [1.807, 2.05) is 19.9 Å². The van der Waals surface area contributed by atoms with E-state index in [0.717, 1.165) is 39.2 Å². The molecule has 0 saturated carbocycles. The molecule has 4 heterocycles. The van der Waals surface area contributed by atoms with Crippen LogP contribution in [0.2, 0.25) is 0 Å². The van der Waals surface area contributed by atoms with Crippen LogP contribution in [-0.4, -0.2) is 79.6 Å². The molecule has 5 rings (SSSR count). The van der Waals surface area contributed by atoms with Gasteiger partial charge in [-0.1, -0.05) is 6.07 Å². The van der Waals surface area contributed by atoms with Crippen molar-refractivity contribution in [2.24, 2.45) is 10.8 Å². The number of carbonyl (C=O) groups excluding carboxylic acids is 1. The van der Waals surface area contributed by atoms with Crippen molar-refractivity contribution in [1.29, 1.82) is 0 Å². The summed E-state index contributed by atoms with van der Waals surface area (Å²) in [6.45, 7) is 8.86. The van der Waals surface area contributed by atoms with E-state index in [1.54, 1.807) is 0 Å². The Kier molecular flexibility index (Phi) is 8.22. The first-order valence-corrected chi connectivity index (χ1v) is 14.8. The van der Waals surface area contributed by atoms with Crippen molar-refractivity contribution < 1.29 is 40.6 Å². The van der Waals surface area contributed by atoms with E-state index in [-0.39, 0.29) is 30.5 Å². The second-order valence-corrected chi connectivity index (χ2v) is 13.5. The molecule has 0 aliphatic carbocycles. The summed E-state index contributed by atoms with van der Waals surface area (Å²) in [5.74, 6) is 0. The van der Waals surface area contributed by atoms with Crippen LogP contribution >= 0.6 is 0 Å². The normalized spacial score (nSPS) is 24.9. The highest BCUT2D eigenvalue weighted by molar-refractivity contribution is 5.68. The second kappa shape index (κ2) is 11.1. The Morgan fingerprint density at radius 2 is 1.60 bits per heavy atom. The number of benzene rings is 1. The number of rotatable bonds is 4. The highest BCUT2D eigenvalue weighted by Gasteiger charge is 2.51. The molecule has 1 aromatic carbocycles. The molecule has 236 valence electrons. The summed E-state index contributed by atoms with van der Waals surface area (Å²) in [6.07, 6.45) is -7.72. The molecule has 0 bridgehead atoms. The summed E-state index contributed by atoms with van der Waals surface area (Å²) < 4.78 is 91.9. The van der Waals surface area contributed by atoms with Crippen LogP contribution in [0.4, 0.5) is 36.8 Å². The van der Waals surface area contributed by atoms with Gasteiger partial charge in [0.15, 0.2) is 6.10 Å². The molecule has 1 aromatic rings. The first kappa shape index (κ1) is 31.2. The third-order valence-corrected chi connectivity index (χ3v) is 10.1. The predicted molar refractivity (Wildman–Crippen MR) is 145 cm³/mol. The van der Waals surface area contributed by atoms with Gasteiger partial charge in [0.2, 0.25) is 0 Å². The highest BCUT2D eigenvalue weighted by Crippen LogP contribution is 2.50. The molecule has 1 unspecified atom stereocenters.